The molecule has 0 radical (unpaired) electrons. The summed E-state index contributed by atoms with van der Waals surface area (Å²) in [4.78, 5) is 25.1. The maximum Gasteiger partial charge on any atom is 0.270 e. The number of hydrogen-bond acceptors (Lipinski definition) is 5. The second-order valence-electron chi connectivity index (χ2n) is 8.76. The zero-order chi connectivity index (χ0) is 22.5. The molecular weight excluding hydrogens is 408 g/mol. The van der Waals surface area contributed by atoms with Crippen molar-refractivity contribution in [1.82, 2.24) is 4.90 Å². The standard InChI is InChI=1S/C25H30N2O5/c1-31-23-10-9-19(16-24(23)32-22-7-2-3-8-22)15-18-11-13-26(14-12-18)25(28)20-5-4-6-21(17-20)27(29)30/h4-6,9-10,16-18,22H,2-3,7-8,11-15H2,1H3. The molecule has 1 saturated carbocycles. The summed E-state index contributed by atoms with van der Waals surface area (Å²) in [6, 6.07) is 12.2. The molecule has 0 aromatic heterocycles. The zero-order valence-corrected chi connectivity index (χ0v) is 18.5. The van der Waals surface area contributed by atoms with E-state index in [1.807, 2.05) is 6.07 Å². The zero-order valence-electron chi connectivity index (χ0n) is 18.5. The van der Waals surface area contributed by atoms with Crippen molar-refractivity contribution in [1.29, 1.82) is 0 Å². The highest BCUT2D eigenvalue weighted by Gasteiger charge is 2.25. The summed E-state index contributed by atoms with van der Waals surface area (Å²) < 4.78 is 11.7. The summed E-state index contributed by atoms with van der Waals surface area (Å²) in [6.45, 7) is 1.32. The van der Waals surface area contributed by atoms with Gasteiger partial charge in [-0.15, -0.1) is 0 Å². The number of benzene rings is 2. The Hall–Kier alpha value is -3.09. The lowest BCUT2D eigenvalue weighted by molar-refractivity contribution is -0.384. The number of carbonyl (C=O) groups excluding carboxylic acids is 1. The van der Waals surface area contributed by atoms with E-state index in [2.05, 4.69) is 12.1 Å². The Morgan fingerprint density at radius 2 is 1.81 bits per heavy atom. The molecule has 2 fully saturated rings. The lowest BCUT2D eigenvalue weighted by Crippen LogP contribution is -2.38. The molecule has 0 spiro atoms. The van der Waals surface area contributed by atoms with Crippen molar-refractivity contribution in [3.8, 4) is 11.5 Å². The minimum Gasteiger partial charge on any atom is -0.493 e. The predicted octanol–water partition coefficient (Wildman–Crippen LogP) is 5.02. The van der Waals surface area contributed by atoms with Gasteiger partial charge < -0.3 is 14.4 Å². The quantitative estimate of drug-likeness (QED) is 0.448. The van der Waals surface area contributed by atoms with Crippen LogP contribution in [0, 0.1) is 16.0 Å². The van der Waals surface area contributed by atoms with E-state index in [1.54, 1.807) is 24.1 Å². The highest BCUT2D eigenvalue weighted by molar-refractivity contribution is 5.94. The van der Waals surface area contributed by atoms with Crippen molar-refractivity contribution in [2.45, 2.75) is 51.0 Å². The number of ether oxygens (including phenoxy) is 2. The minimum absolute atomic E-state index is 0.0548. The molecule has 2 aromatic rings. The molecule has 0 unspecified atom stereocenters. The van der Waals surface area contributed by atoms with E-state index in [9.17, 15) is 14.9 Å². The first-order chi connectivity index (χ1) is 15.5. The maximum atomic E-state index is 12.8. The van der Waals surface area contributed by atoms with Crippen LogP contribution in [0.25, 0.3) is 0 Å². The average molecular weight is 439 g/mol. The summed E-state index contributed by atoms with van der Waals surface area (Å²) in [5.74, 6) is 1.95. The van der Waals surface area contributed by atoms with Gasteiger partial charge in [-0.1, -0.05) is 12.1 Å². The number of nitro groups is 1. The molecule has 0 atom stereocenters. The van der Waals surface area contributed by atoms with Gasteiger partial charge in [0.25, 0.3) is 11.6 Å². The summed E-state index contributed by atoms with van der Waals surface area (Å²) in [5, 5.41) is 11.0. The number of hydrogen-bond donors (Lipinski definition) is 0. The third-order valence-corrected chi connectivity index (χ3v) is 6.55. The van der Waals surface area contributed by atoms with Crippen LogP contribution in [0.15, 0.2) is 42.5 Å². The summed E-state index contributed by atoms with van der Waals surface area (Å²) >= 11 is 0. The molecule has 0 N–H and O–H groups in total. The van der Waals surface area contributed by atoms with Gasteiger partial charge in [0.2, 0.25) is 0 Å². The molecule has 2 aliphatic rings. The summed E-state index contributed by atoms with van der Waals surface area (Å²) in [7, 11) is 1.67. The summed E-state index contributed by atoms with van der Waals surface area (Å²) in [5.41, 5.74) is 1.55. The lowest BCUT2D eigenvalue weighted by atomic mass is 9.90. The molecule has 2 aromatic carbocycles. The smallest absolute Gasteiger partial charge is 0.270 e. The highest BCUT2D eigenvalue weighted by Crippen LogP contribution is 2.34. The fourth-order valence-corrected chi connectivity index (χ4v) is 4.73. The van der Waals surface area contributed by atoms with Gasteiger partial charge in [-0.3, -0.25) is 14.9 Å². The van der Waals surface area contributed by atoms with Gasteiger partial charge in [-0.25, -0.2) is 0 Å². The number of rotatable bonds is 7. The third-order valence-electron chi connectivity index (χ3n) is 6.55. The van der Waals surface area contributed by atoms with Gasteiger partial charge in [0.05, 0.1) is 18.1 Å². The monoisotopic (exact) mass is 438 g/mol. The molecule has 7 heteroatoms. The predicted molar refractivity (Wildman–Crippen MR) is 121 cm³/mol. The van der Waals surface area contributed by atoms with Crippen molar-refractivity contribution in [3.63, 3.8) is 0 Å². The Bertz CT molecular complexity index is 963. The van der Waals surface area contributed by atoms with Gasteiger partial charge in [-0.2, -0.15) is 0 Å². The van der Waals surface area contributed by atoms with Crippen molar-refractivity contribution in [2.75, 3.05) is 20.2 Å². The topological polar surface area (TPSA) is 81.9 Å². The van der Waals surface area contributed by atoms with E-state index < -0.39 is 4.92 Å². The minimum atomic E-state index is -0.470. The first-order valence-electron chi connectivity index (χ1n) is 11.4. The summed E-state index contributed by atoms with van der Waals surface area (Å²) in [6.07, 6.45) is 7.68. The largest absolute Gasteiger partial charge is 0.493 e. The van der Waals surface area contributed by atoms with E-state index in [-0.39, 0.29) is 17.7 Å². The molecule has 1 aliphatic heterocycles. The number of non-ortho nitro benzene ring substituents is 1. The lowest BCUT2D eigenvalue weighted by Gasteiger charge is -2.32. The van der Waals surface area contributed by atoms with Crippen molar-refractivity contribution < 1.29 is 19.2 Å². The van der Waals surface area contributed by atoms with E-state index in [0.717, 1.165) is 43.6 Å². The Morgan fingerprint density at radius 3 is 2.50 bits per heavy atom. The fraction of sp³-hybridized carbons (Fsp3) is 0.480. The molecule has 32 heavy (non-hydrogen) atoms. The number of methoxy groups -OCH3 is 1. The number of nitro benzene ring substituents is 1. The van der Waals surface area contributed by atoms with Gasteiger partial charge in [-0.05, 0) is 74.6 Å². The number of carbonyl (C=O) groups is 1. The van der Waals surface area contributed by atoms with Crippen LogP contribution in [0.2, 0.25) is 0 Å². The molecule has 7 nitrogen and oxygen atoms in total. The molecule has 4 rings (SSSR count). The van der Waals surface area contributed by atoms with E-state index in [4.69, 9.17) is 9.47 Å². The number of amides is 1. The second kappa shape index (κ2) is 10.0. The maximum absolute atomic E-state index is 12.8. The molecule has 1 aliphatic carbocycles. The van der Waals surface area contributed by atoms with Gasteiger partial charge in [0.1, 0.15) is 0 Å². The third kappa shape index (κ3) is 5.21. The molecule has 1 heterocycles. The highest BCUT2D eigenvalue weighted by atomic mass is 16.6. The SMILES string of the molecule is COc1ccc(CC2CCN(C(=O)c3cccc([N+](=O)[O-])c3)CC2)cc1OC1CCCC1. The van der Waals surface area contributed by atoms with Gasteiger partial charge in [0.15, 0.2) is 11.5 Å². The molecule has 1 amide bonds. The van der Waals surface area contributed by atoms with Crippen LogP contribution < -0.4 is 9.47 Å². The van der Waals surface area contributed by atoms with Gasteiger partial charge >= 0.3 is 0 Å². The Balaban J connectivity index is 1.35. The average Bonchev–Trinajstić information content (AvgIpc) is 3.32. The van der Waals surface area contributed by atoms with Crippen LogP contribution in [0.5, 0.6) is 11.5 Å². The molecule has 1 saturated heterocycles. The first kappa shape index (κ1) is 22.1. The first-order valence-corrected chi connectivity index (χ1v) is 11.4. The molecule has 170 valence electrons. The Labute approximate surface area is 188 Å². The Kier molecular flexibility index (Phi) is 6.93. The Morgan fingerprint density at radius 1 is 1.06 bits per heavy atom. The van der Waals surface area contributed by atoms with Crippen molar-refractivity contribution in [3.05, 3.63) is 63.7 Å². The number of likely N-dealkylation sites (tertiary alicyclic amines) is 1. The number of piperidine rings is 1. The van der Waals surface area contributed by atoms with Crippen LogP contribution in [0.4, 0.5) is 5.69 Å². The number of nitrogens with zero attached hydrogens (tertiary/aromatic N) is 2. The fourth-order valence-electron chi connectivity index (χ4n) is 4.73. The van der Waals surface area contributed by atoms with Crippen molar-refractivity contribution >= 4 is 11.6 Å². The normalized spacial score (nSPS) is 17.3. The van der Waals surface area contributed by atoms with Crippen LogP contribution in [-0.4, -0.2) is 42.0 Å². The molecule has 0 bridgehead atoms. The van der Waals surface area contributed by atoms with Crippen LogP contribution in [0.1, 0.15) is 54.4 Å². The van der Waals surface area contributed by atoms with Gasteiger partial charge in [0, 0.05) is 30.8 Å². The van der Waals surface area contributed by atoms with E-state index >= 15 is 0 Å². The van der Waals surface area contributed by atoms with Crippen LogP contribution in [-0.2, 0) is 6.42 Å². The van der Waals surface area contributed by atoms with Crippen LogP contribution >= 0.6 is 0 Å². The van der Waals surface area contributed by atoms with Crippen LogP contribution in [0.3, 0.4) is 0 Å². The molecular formula is C25H30N2O5. The van der Waals surface area contributed by atoms with E-state index in [1.165, 1.54) is 30.5 Å². The second-order valence-corrected chi connectivity index (χ2v) is 8.76. The van der Waals surface area contributed by atoms with Crippen molar-refractivity contribution in [2.24, 2.45) is 5.92 Å². The van der Waals surface area contributed by atoms with E-state index in [0.29, 0.717) is 24.6 Å².